The number of aryl methyl sites for hydroxylation is 10. The monoisotopic (exact) mass is 1440 g/mol. The van der Waals surface area contributed by atoms with E-state index in [0.717, 1.165) is 0 Å². The van der Waals surface area contributed by atoms with Crippen LogP contribution in [0.3, 0.4) is 0 Å². The molecule has 19 rings (SSSR count). The average Bonchev–Trinajstić information content (AvgIpc) is 1.68. The van der Waals surface area contributed by atoms with Crippen molar-refractivity contribution < 1.29 is 0 Å². The van der Waals surface area contributed by atoms with Gasteiger partial charge in [0.1, 0.15) is 0 Å². The molecule has 0 atom stereocenters. The van der Waals surface area contributed by atoms with Crippen molar-refractivity contribution in [1.29, 1.82) is 0 Å². The second-order valence-corrected chi connectivity index (χ2v) is 25.4. The highest BCUT2D eigenvalue weighted by atomic mass is 14.9. The molecule has 0 saturated carbocycles. The fourth-order valence-corrected chi connectivity index (χ4v) is 15.0. The number of hydrogen-bond donors (Lipinski definition) is 0. The van der Waals surface area contributed by atoms with Gasteiger partial charge in [0.05, 0.1) is 0 Å². The third-order valence-corrected chi connectivity index (χ3v) is 19.3. The minimum absolute atomic E-state index is 1.30. The second kappa shape index (κ2) is 43.6. The lowest BCUT2D eigenvalue weighted by Gasteiger charge is -2.14. The van der Waals surface area contributed by atoms with E-state index in [2.05, 4.69) is 323 Å². The van der Waals surface area contributed by atoms with E-state index >= 15 is 0 Å². The molecule has 0 spiro atoms. The molecule has 0 aliphatic heterocycles. The molecule has 0 N–H and O–H groups in total. The minimum Gasteiger partial charge on any atom is -0.344 e. The standard InChI is InChI=1S/C20H16.3C18H14.C14H13N.10C2H6/c1-13-11-19-18-10-6-4-8-16(18)14(2)12-20(19)17-9-5-3-7-15(13)17;1-11-9-13-5-4-8-16-12(2)10-14-6-3-7-15(11)17(14)18(13)16;1-11-7-13-3-5-15-9-12(2)10-16-6-4-14(8-11)17(13)18(15)16;1-11-3-5-13-8-10-16-12(2)4-6-14-7-9-15(11)17(13)18(14)16;1-10-7-8-12-11-5-3-4-6-13(11)15(2)14(12)9-10;10*1-2/h3-12H,1-2H3;3*3-10H,1-2H3;3-9H,1-2H3;10*1-2H3. The van der Waals surface area contributed by atoms with Crippen LogP contribution < -0.4 is 0 Å². The van der Waals surface area contributed by atoms with Crippen LogP contribution in [-0.2, 0) is 7.05 Å². The molecule has 0 amide bonds. The van der Waals surface area contributed by atoms with E-state index in [4.69, 9.17) is 0 Å². The Morgan fingerprint density at radius 2 is 0.422 bits per heavy atom. The first-order chi connectivity index (χ1) is 53.3. The van der Waals surface area contributed by atoms with E-state index in [1.807, 2.05) is 138 Å². The van der Waals surface area contributed by atoms with Crippen LogP contribution in [0.1, 0.15) is 189 Å². The van der Waals surface area contributed by atoms with Crippen molar-refractivity contribution >= 4 is 151 Å². The van der Waals surface area contributed by atoms with E-state index in [-0.39, 0.29) is 0 Å². The van der Waals surface area contributed by atoms with Gasteiger partial charge in [0, 0.05) is 28.9 Å². The molecular formula is C108H131N. The molecular weight excluding hydrogens is 1310 g/mol. The first-order valence-electron chi connectivity index (χ1n) is 41.4. The molecule has 1 heterocycles. The molecule has 0 fully saturated rings. The van der Waals surface area contributed by atoms with Gasteiger partial charge in [0.2, 0.25) is 0 Å². The predicted molar refractivity (Wildman–Crippen MR) is 506 cm³/mol. The fraction of sp³-hybridized carbons (Fsp3) is 0.278. The van der Waals surface area contributed by atoms with Crippen LogP contribution in [0.4, 0.5) is 0 Å². The molecule has 0 saturated heterocycles. The first-order valence-corrected chi connectivity index (χ1v) is 41.4. The summed E-state index contributed by atoms with van der Waals surface area (Å²) in [6.45, 7) is 59.7. The molecule has 109 heavy (non-hydrogen) atoms. The Bertz CT molecular complexity index is 5580. The summed E-state index contributed by atoms with van der Waals surface area (Å²) in [5, 5.41) is 35.7. The van der Waals surface area contributed by atoms with Crippen LogP contribution in [0, 0.1) is 62.3 Å². The molecule has 19 aromatic rings. The van der Waals surface area contributed by atoms with Crippen molar-refractivity contribution in [1.82, 2.24) is 4.57 Å². The quantitative estimate of drug-likeness (QED) is 0.133. The van der Waals surface area contributed by atoms with E-state index in [1.165, 1.54) is 201 Å². The topological polar surface area (TPSA) is 4.93 Å². The van der Waals surface area contributed by atoms with Crippen molar-refractivity contribution in [2.75, 3.05) is 0 Å². The second-order valence-electron chi connectivity index (χ2n) is 25.4. The highest BCUT2D eigenvalue weighted by Crippen LogP contribution is 2.41. The highest BCUT2D eigenvalue weighted by Gasteiger charge is 2.15. The maximum Gasteiger partial charge on any atom is 0.0491 e. The van der Waals surface area contributed by atoms with E-state index in [9.17, 15) is 0 Å². The van der Waals surface area contributed by atoms with Crippen LogP contribution in [0.15, 0.2) is 249 Å². The fourth-order valence-electron chi connectivity index (χ4n) is 15.0. The average molecular weight is 1440 g/mol. The van der Waals surface area contributed by atoms with Gasteiger partial charge in [-0.15, -0.1) is 0 Å². The number of hydrogen-bond acceptors (Lipinski definition) is 0. The normalized spacial score (nSPS) is 10.1. The Labute approximate surface area is 658 Å². The van der Waals surface area contributed by atoms with Crippen LogP contribution in [0.5, 0.6) is 0 Å². The number of rotatable bonds is 0. The largest absolute Gasteiger partial charge is 0.344 e. The number of aromatic nitrogens is 1. The zero-order chi connectivity index (χ0) is 80.9. The summed E-state index contributed by atoms with van der Waals surface area (Å²) in [6.07, 6.45) is 0. The zero-order valence-corrected chi connectivity index (χ0v) is 72.6. The lowest BCUT2D eigenvalue weighted by Crippen LogP contribution is -1.88. The summed E-state index contributed by atoms with van der Waals surface area (Å²) in [4.78, 5) is 0. The SMILES string of the molecule is CC.CC.CC.CC.CC.CC.CC.CC.CC.CC.Cc1cc2c3ccccc3c(C)cc2c2ccccc12.Cc1cc2ccc3cc(C)cc4ccc(c1)c2c34.Cc1cc2cccc3c(C)cc4cccc1c4c23.Cc1ccc2c3ccccc3n(C)c2c1.Cc1ccc2ccc3c(C)ccc4ccc1c2c43. The number of para-hydroxylation sites is 1. The summed E-state index contributed by atoms with van der Waals surface area (Å²) in [6, 6.07) is 91.1. The van der Waals surface area contributed by atoms with Crippen molar-refractivity contribution in [2.24, 2.45) is 7.05 Å². The Kier molecular flexibility index (Phi) is 35.7. The van der Waals surface area contributed by atoms with Gasteiger partial charge in [-0.3, -0.25) is 0 Å². The zero-order valence-electron chi connectivity index (χ0n) is 72.6. The Morgan fingerprint density at radius 3 is 0.798 bits per heavy atom. The van der Waals surface area contributed by atoms with E-state index in [1.54, 1.807) is 0 Å². The van der Waals surface area contributed by atoms with Crippen LogP contribution in [0.2, 0.25) is 0 Å². The van der Waals surface area contributed by atoms with Crippen LogP contribution >= 0.6 is 0 Å². The van der Waals surface area contributed by atoms with Gasteiger partial charge in [-0.25, -0.2) is 0 Å². The van der Waals surface area contributed by atoms with Crippen molar-refractivity contribution in [2.45, 2.75) is 201 Å². The predicted octanol–water partition coefficient (Wildman–Crippen LogP) is 35.3. The summed E-state index contributed by atoms with van der Waals surface area (Å²) in [7, 11) is 2.13. The van der Waals surface area contributed by atoms with Crippen LogP contribution in [0.25, 0.3) is 151 Å². The lowest BCUT2D eigenvalue weighted by atomic mass is 9.90. The highest BCUT2D eigenvalue weighted by molar-refractivity contribution is 6.27. The van der Waals surface area contributed by atoms with Crippen LogP contribution in [-0.4, -0.2) is 4.57 Å². The molecule has 0 bridgehead atoms. The Morgan fingerprint density at radius 1 is 0.156 bits per heavy atom. The molecule has 18 aromatic carbocycles. The molecule has 1 heteroatoms. The summed E-state index contributed by atoms with van der Waals surface area (Å²) < 4.78 is 2.26. The Hall–Kier alpha value is -10.3. The van der Waals surface area contributed by atoms with Crippen molar-refractivity contribution in [3.8, 4) is 0 Å². The van der Waals surface area contributed by atoms with E-state index in [0.29, 0.717) is 0 Å². The summed E-state index contributed by atoms with van der Waals surface area (Å²) in [5.41, 5.74) is 14.7. The lowest BCUT2D eigenvalue weighted by molar-refractivity contribution is 1.01. The van der Waals surface area contributed by atoms with Crippen molar-refractivity contribution in [3.63, 3.8) is 0 Å². The summed E-state index contributed by atoms with van der Waals surface area (Å²) in [5.74, 6) is 0. The molecule has 1 aromatic heterocycles. The third-order valence-electron chi connectivity index (χ3n) is 19.3. The first kappa shape index (κ1) is 89.3. The van der Waals surface area contributed by atoms with Gasteiger partial charge < -0.3 is 4.57 Å². The molecule has 0 radical (unpaired) electrons. The van der Waals surface area contributed by atoms with Gasteiger partial charge in [-0.05, 0) is 254 Å². The number of nitrogens with zero attached hydrogens (tertiary/aromatic N) is 1. The maximum absolute atomic E-state index is 2.33. The maximum atomic E-state index is 2.33. The molecule has 0 aliphatic rings. The van der Waals surface area contributed by atoms with Gasteiger partial charge in [-0.2, -0.15) is 0 Å². The molecule has 0 aliphatic carbocycles. The third kappa shape index (κ3) is 18.9. The van der Waals surface area contributed by atoms with Gasteiger partial charge >= 0.3 is 0 Å². The number of benzene rings is 18. The smallest absolute Gasteiger partial charge is 0.0491 e. The Balaban J connectivity index is 0.000000231. The van der Waals surface area contributed by atoms with Gasteiger partial charge in [0.15, 0.2) is 0 Å². The van der Waals surface area contributed by atoms with Crippen molar-refractivity contribution in [3.05, 3.63) is 299 Å². The molecule has 0 unspecified atom stereocenters. The number of fused-ring (bicyclic) bond motifs is 8. The minimum atomic E-state index is 1.30. The van der Waals surface area contributed by atoms with Gasteiger partial charge in [0.25, 0.3) is 0 Å². The molecule has 568 valence electrons. The van der Waals surface area contributed by atoms with E-state index < -0.39 is 0 Å². The van der Waals surface area contributed by atoms with Gasteiger partial charge in [-0.1, -0.05) is 375 Å². The molecule has 1 nitrogen and oxygen atoms in total. The summed E-state index contributed by atoms with van der Waals surface area (Å²) >= 11 is 0.